The molecule has 6 rings (SSSR count). The monoisotopic (exact) mass is 652 g/mol. The molecule has 1 N–H and O–H groups in total. The molecule has 5 amide bonds. The lowest BCUT2D eigenvalue weighted by Crippen LogP contribution is -2.49. The highest BCUT2D eigenvalue weighted by molar-refractivity contribution is 6.21. The van der Waals surface area contributed by atoms with E-state index >= 15 is 4.39 Å². The van der Waals surface area contributed by atoms with Gasteiger partial charge in [-0.25, -0.2) is 14.0 Å². The fourth-order valence-corrected chi connectivity index (χ4v) is 6.07. The molecular weight excluding hydrogens is 619 g/mol. The number of ether oxygens (including phenoxy) is 2. The van der Waals surface area contributed by atoms with Gasteiger partial charge in [0.15, 0.2) is 5.60 Å². The molecule has 3 heterocycles. The number of carbonyl (C=O) groups excluding carboxylic acids is 5. The van der Waals surface area contributed by atoms with Crippen LogP contribution in [0.25, 0.3) is 0 Å². The fourth-order valence-electron chi connectivity index (χ4n) is 6.07. The maximum atomic E-state index is 15.4. The first-order valence-corrected chi connectivity index (χ1v) is 15.1. The summed E-state index contributed by atoms with van der Waals surface area (Å²) in [5, 5.41) is 13.8. The van der Waals surface area contributed by atoms with Crippen LogP contribution in [-0.4, -0.2) is 101 Å². The Bertz CT molecular complexity index is 1700. The van der Waals surface area contributed by atoms with Gasteiger partial charge in [0.05, 0.1) is 40.0 Å². The van der Waals surface area contributed by atoms with Crippen molar-refractivity contribution in [2.75, 3.05) is 49.1 Å². The highest BCUT2D eigenvalue weighted by atomic mass is 19.1. The summed E-state index contributed by atoms with van der Waals surface area (Å²) in [6.07, 6.45) is -0.955. The van der Waals surface area contributed by atoms with Crippen molar-refractivity contribution in [3.05, 3.63) is 63.5 Å². The van der Waals surface area contributed by atoms with Crippen molar-refractivity contribution in [1.82, 2.24) is 15.1 Å². The van der Waals surface area contributed by atoms with Crippen LogP contribution < -0.4 is 15.1 Å². The zero-order chi connectivity index (χ0) is 33.8. The van der Waals surface area contributed by atoms with Gasteiger partial charge in [-0.3, -0.25) is 34.3 Å². The minimum Gasteiger partial charge on any atom is -0.444 e. The highest BCUT2D eigenvalue weighted by Crippen LogP contribution is 2.46. The number of anilines is 2. The van der Waals surface area contributed by atoms with Crippen LogP contribution in [0, 0.1) is 15.9 Å². The van der Waals surface area contributed by atoms with Gasteiger partial charge in [-0.15, -0.1) is 0 Å². The normalized spacial score (nSPS) is 22.0. The van der Waals surface area contributed by atoms with Gasteiger partial charge in [-0.05, 0) is 45.0 Å². The molecule has 0 aromatic heterocycles. The molecule has 2 unspecified atom stereocenters. The topological polar surface area (TPSA) is 172 Å². The van der Waals surface area contributed by atoms with Crippen LogP contribution in [0.15, 0.2) is 36.4 Å². The quantitative estimate of drug-likeness (QED) is 0.266. The summed E-state index contributed by atoms with van der Waals surface area (Å²) in [7, 11) is 0. The van der Waals surface area contributed by atoms with Crippen LogP contribution in [0.4, 0.5) is 31.0 Å². The van der Waals surface area contributed by atoms with Crippen LogP contribution >= 0.6 is 0 Å². The Morgan fingerprint density at radius 2 is 1.77 bits per heavy atom. The first-order chi connectivity index (χ1) is 22.2. The number of alkyl carbamates (subject to hydrolysis) is 1. The van der Waals surface area contributed by atoms with Crippen molar-refractivity contribution in [2.45, 2.75) is 50.9 Å². The minimum atomic E-state index is -0.897. The number of rotatable bonds is 7. The first-order valence-electron chi connectivity index (χ1n) is 15.1. The van der Waals surface area contributed by atoms with E-state index in [1.165, 1.54) is 17.0 Å². The SMILES string of the molecule is CC(C)(C)OC(=O)NC1CC12CN(c1ccc(N3CCN(C(=O)CCN4C(=O)c5ccc([N+](=O)[O-])cc5C4=O)CC3)c(F)c1)C(=O)O2. The van der Waals surface area contributed by atoms with E-state index in [2.05, 4.69) is 5.32 Å². The zero-order valence-electron chi connectivity index (χ0n) is 26.0. The lowest BCUT2D eigenvalue weighted by Gasteiger charge is -2.36. The number of piperazine rings is 1. The number of nitrogens with one attached hydrogen (secondary N) is 1. The van der Waals surface area contributed by atoms with Crippen molar-refractivity contribution >= 4 is 47.0 Å². The number of hydrogen-bond acceptors (Lipinski definition) is 10. The summed E-state index contributed by atoms with van der Waals surface area (Å²) in [5.74, 6) is -2.13. The second-order valence-electron chi connectivity index (χ2n) is 12.9. The highest BCUT2D eigenvalue weighted by Gasteiger charge is 2.64. The number of imide groups is 1. The molecule has 47 heavy (non-hydrogen) atoms. The number of halogens is 1. The van der Waals surface area contributed by atoms with Gasteiger partial charge in [0, 0.05) is 57.7 Å². The van der Waals surface area contributed by atoms with E-state index in [0.29, 0.717) is 30.9 Å². The van der Waals surface area contributed by atoms with Crippen molar-refractivity contribution in [3.8, 4) is 0 Å². The number of amides is 5. The largest absolute Gasteiger partial charge is 0.444 e. The van der Waals surface area contributed by atoms with Crippen LogP contribution in [0.3, 0.4) is 0 Å². The fraction of sp³-hybridized carbons (Fsp3) is 0.452. The summed E-state index contributed by atoms with van der Waals surface area (Å²) >= 11 is 0. The Balaban J connectivity index is 1.00. The van der Waals surface area contributed by atoms with E-state index in [1.807, 2.05) is 0 Å². The Kier molecular flexibility index (Phi) is 7.76. The molecule has 248 valence electrons. The predicted octanol–water partition coefficient (Wildman–Crippen LogP) is 3.06. The van der Waals surface area contributed by atoms with Crippen LogP contribution in [0.2, 0.25) is 0 Å². The number of fused-ring (bicyclic) bond motifs is 1. The third kappa shape index (κ3) is 6.14. The van der Waals surface area contributed by atoms with Gasteiger partial charge in [0.25, 0.3) is 17.5 Å². The van der Waals surface area contributed by atoms with Gasteiger partial charge >= 0.3 is 12.2 Å². The third-order valence-corrected chi connectivity index (χ3v) is 8.58. The Hall–Kier alpha value is -5.28. The number of nitro benzene ring substituents is 1. The number of hydrogen-bond donors (Lipinski definition) is 1. The van der Waals surface area contributed by atoms with Crippen molar-refractivity contribution in [1.29, 1.82) is 0 Å². The van der Waals surface area contributed by atoms with Crippen molar-refractivity contribution in [3.63, 3.8) is 0 Å². The summed E-state index contributed by atoms with van der Waals surface area (Å²) in [4.78, 5) is 79.2. The maximum Gasteiger partial charge on any atom is 0.415 e. The van der Waals surface area contributed by atoms with Gasteiger partial charge in [-0.2, -0.15) is 0 Å². The third-order valence-electron chi connectivity index (χ3n) is 8.58. The van der Waals surface area contributed by atoms with Gasteiger partial charge in [-0.1, -0.05) is 0 Å². The maximum absolute atomic E-state index is 15.4. The van der Waals surface area contributed by atoms with Gasteiger partial charge in [0.1, 0.15) is 11.4 Å². The van der Waals surface area contributed by atoms with Crippen molar-refractivity contribution < 1.29 is 42.8 Å². The molecule has 4 aliphatic rings. The van der Waals surface area contributed by atoms with E-state index < -0.39 is 52.0 Å². The molecule has 1 saturated carbocycles. The van der Waals surface area contributed by atoms with E-state index in [0.717, 1.165) is 17.0 Å². The molecule has 1 aliphatic carbocycles. The molecule has 2 aromatic carbocycles. The molecule has 3 fully saturated rings. The molecule has 15 nitrogen and oxygen atoms in total. The molecule has 2 atom stereocenters. The average molecular weight is 653 g/mol. The molecule has 3 aliphatic heterocycles. The predicted molar refractivity (Wildman–Crippen MR) is 163 cm³/mol. The molecule has 2 saturated heterocycles. The second kappa shape index (κ2) is 11.5. The first kappa shape index (κ1) is 31.7. The minimum absolute atomic E-state index is 0.0581. The molecule has 0 radical (unpaired) electrons. The average Bonchev–Trinajstić information content (AvgIpc) is 3.44. The Morgan fingerprint density at radius 3 is 2.43 bits per heavy atom. The van der Waals surface area contributed by atoms with E-state index in [1.54, 1.807) is 42.7 Å². The summed E-state index contributed by atoms with van der Waals surface area (Å²) in [5.41, 5.74) is -1.26. The second-order valence-corrected chi connectivity index (χ2v) is 12.9. The zero-order valence-corrected chi connectivity index (χ0v) is 26.0. The number of carbonyl (C=O) groups is 5. The van der Waals surface area contributed by atoms with Crippen LogP contribution in [0.5, 0.6) is 0 Å². The lowest BCUT2D eigenvalue weighted by molar-refractivity contribution is -0.384. The number of benzene rings is 2. The number of non-ortho nitro benzene ring substituents is 1. The number of nitro groups is 1. The lowest BCUT2D eigenvalue weighted by atomic mass is 10.1. The Morgan fingerprint density at radius 1 is 1.06 bits per heavy atom. The standard InChI is InChI=1S/C31H33FN6O9/c1-30(2,3)46-28(42)33-24-16-31(24)17-37(29(43)47-31)18-5-7-23(22(32)15-18)34-10-12-35(13-11-34)25(39)8-9-36-26(40)20-6-4-19(38(44)45)14-21(20)27(36)41/h4-7,14-15,24H,8-13,16-17H2,1-3H3,(H,33,42). The van der Waals surface area contributed by atoms with Gasteiger partial charge < -0.3 is 24.6 Å². The summed E-state index contributed by atoms with van der Waals surface area (Å²) in [6, 6.07) is 7.48. The molecular formula is C31H33FN6O9. The van der Waals surface area contributed by atoms with E-state index in [-0.39, 0.29) is 55.3 Å². The van der Waals surface area contributed by atoms with Crippen LogP contribution in [-0.2, 0) is 14.3 Å². The number of nitrogens with zero attached hydrogens (tertiary/aromatic N) is 5. The molecule has 2 aromatic rings. The van der Waals surface area contributed by atoms with Gasteiger partial charge in [0.2, 0.25) is 5.91 Å². The molecule has 16 heteroatoms. The smallest absolute Gasteiger partial charge is 0.415 e. The van der Waals surface area contributed by atoms with Crippen molar-refractivity contribution in [2.24, 2.45) is 0 Å². The van der Waals surface area contributed by atoms with Crippen LogP contribution in [0.1, 0.15) is 54.3 Å². The molecule has 0 bridgehead atoms. The Labute approximate surface area is 268 Å². The molecule has 1 spiro atoms. The van der Waals surface area contributed by atoms with E-state index in [4.69, 9.17) is 9.47 Å². The summed E-state index contributed by atoms with van der Waals surface area (Å²) in [6.45, 7) is 6.42. The summed E-state index contributed by atoms with van der Waals surface area (Å²) < 4.78 is 26.2. The van der Waals surface area contributed by atoms with E-state index in [9.17, 15) is 34.1 Å².